The van der Waals surface area contributed by atoms with Crippen molar-refractivity contribution < 1.29 is 28.8 Å². The van der Waals surface area contributed by atoms with Gasteiger partial charge >= 0.3 is 5.97 Å². The van der Waals surface area contributed by atoms with Gasteiger partial charge in [-0.1, -0.05) is 38.5 Å². The van der Waals surface area contributed by atoms with Gasteiger partial charge in [0.1, 0.15) is 18.0 Å². The highest BCUT2D eigenvalue weighted by atomic mass is 32.2. The summed E-state index contributed by atoms with van der Waals surface area (Å²) in [5.74, 6) is 0.606. The third kappa shape index (κ3) is 7.45. The van der Waals surface area contributed by atoms with Gasteiger partial charge in [0.05, 0.1) is 5.41 Å². The molecule has 1 heterocycles. The van der Waals surface area contributed by atoms with E-state index >= 15 is 0 Å². The molecule has 3 fully saturated rings. The Balaban J connectivity index is 1.45. The van der Waals surface area contributed by atoms with Gasteiger partial charge in [0, 0.05) is 11.3 Å². The minimum atomic E-state index is -1.11. The van der Waals surface area contributed by atoms with Crippen molar-refractivity contribution in [2.45, 2.75) is 108 Å². The predicted molar refractivity (Wildman–Crippen MR) is 144 cm³/mol. The quantitative estimate of drug-likeness (QED) is 0.350. The average Bonchev–Trinajstić information content (AvgIpc) is 3.28. The Morgan fingerprint density at radius 2 is 1.76 bits per heavy atom. The largest absolute Gasteiger partial charge is 0.480 e. The SMILES string of the molecule is CC(NC(=O)c1onc(OCC(C)(C)C(=O)NCC(=O)O)c1SC1CCCCC1)C1CC2CCCC(C2)C1. The Morgan fingerprint density at radius 1 is 1.08 bits per heavy atom. The lowest BCUT2D eigenvalue weighted by Gasteiger charge is -2.41. The van der Waals surface area contributed by atoms with E-state index in [1.165, 1.54) is 44.9 Å². The molecule has 3 N–H and O–H groups in total. The first kappa shape index (κ1) is 28.8. The summed E-state index contributed by atoms with van der Waals surface area (Å²) in [5.41, 5.74) is -1.00. The number of carbonyl (C=O) groups is 3. The Hall–Kier alpha value is -2.23. The number of aromatic nitrogens is 1. The number of carboxylic acid groups (broad SMARTS) is 1. The molecule has 38 heavy (non-hydrogen) atoms. The van der Waals surface area contributed by atoms with Crippen LogP contribution in [-0.4, -0.2) is 52.5 Å². The highest BCUT2D eigenvalue weighted by Crippen LogP contribution is 2.44. The molecule has 2 bridgehead atoms. The number of rotatable bonds is 11. The van der Waals surface area contributed by atoms with Gasteiger partial charge in [-0.05, 0) is 75.8 Å². The van der Waals surface area contributed by atoms with E-state index in [1.807, 2.05) is 0 Å². The predicted octanol–water partition coefficient (Wildman–Crippen LogP) is 5.04. The highest BCUT2D eigenvalue weighted by Gasteiger charge is 2.36. The van der Waals surface area contributed by atoms with E-state index in [1.54, 1.807) is 25.6 Å². The summed E-state index contributed by atoms with van der Waals surface area (Å²) in [5, 5.41) is 18.9. The number of thioether (sulfide) groups is 1. The molecule has 0 spiro atoms. The molecule has 0 aromatic carbocycles. The molecule has 10 heteroatoms. The highest BCUT2D eigenvalue weighted by molar-refractivity contribution is 8.00. The van der Waals surface area contributed by atoms with E-state index in [4.69, 9.17) is 14.4 Å². The molecule has 4 rings (SSSR count). The van der Waals surface area contributed by atoms with Crippen molar-refractivity contribution in [1.29, 1.82) is 0 Å². The second kappa shape index (κ2) is 12.7. The van der Waals surface area contributed by atoms with Crippen LogP contribution in [-0.2, 0) is 9.59 Å². The van der Waals surface area contributed by atoms with Crippen LogP contribution in [0, 0.1) is 23.2 Å². The summed E-state index contributed by atoms with van der Waals surface area (Å²) in [6, 6.07) is 0.0461. The zero-order valence-corrected chi connectivity index (χ0v) is 23.7. The lowest BCUT2D eigenvalue weighted by molar-refractivity contribution is -0.140. The third-order valence-corrected chi connectivity index (χ3v) is 9.88. The van der Waals surface area contributed by atoms with Crippen LogP contribution in [0.4, 0.5) is 0 Å². The average molecular weight is 550 g/mol. The lowest BCUT2D eigenvalue weighted by Crippen LogP contribution is -2.42. The van der Waals surface area contributed by atoms with Crippen molar-refractivity contribution in [3.63, 3.8) is 0 Å². The number of carboxylic acids is 1. The van der Waals surface area contributed by atoms with E-state index in [2.05, 4.69) is 22.7 Å². The Bertz CT molecular complexity index is 977. The fourth-order valence-corrected chi connectivity index (χ4v) is 7.58. The molecule has 212 valence electrons. The number of fused-ring (bicyclic) bond motifs is 2. The van der Waals surface area contributed by atoms with Crippen LogP contribution in [0.2, 0.25) is 0 Å². The topological polar surface area (TPSA) is 131 Å². The normalized spacial score (nSPS) is 24.9. The van der Waals surface area contributed by atoms with Gasteiger partial charge < -0.3 is 25.0 Å². The maximum absolute atomic E-state index is 13.4. The van der Waals surface area contributed by atoms with E-state index in [9.17, 15) is 14.4 Å². The Kier molecular flexibility index (Phi) is 9.65. The second-order valence-corrected chi connectivity index (χ2v) is 13.5. The molecular weight excluding hydrogens is 506 g/mol. The van der Waals surface area contributed by atoms with Crippen molar-refractivity contribution in [3.05, 3.63) is 5.76 Å². The van der Waals surface area contributed by atoms with Gasteiger partial charge in [-0.3, -0.25) is 14.4 Å². The van der Waals surface area contributed by atoms with E-state index in [0.29, 0.717) is 16.1 Å². The summed E-state index contributed by atoms with van der Waals surface area (Å²) in [7, 11) is 0. The Labute approximate surface area is 229 Å². The molecule has 0 saturated heterocycles. The number of ether oxygens (including phenoxy) is 1. The zero-order valence-electron chi connectivity index (χ0n) is 22.9. The number of hydrogen-bond donors (Lipinski definition) is 3. The van der Waals surface area contributed by atoms with Crippen LogP contribution in [0.25, 0.3) is 0 Å². The molecule has 0 radical (unpaired) electrons. The third-order valence-electron chi connectivity index (χ3n) is 8.48. The second-order valence-electron chi connectivity index (χ2n) is 12.2. The number of aliphatic carboxylic acids is 1. The van der Waals surface area contributed by atoms with Crippen molar-refractivity contribution >= 4 is 29.5 Å². The van der Waals surface area contributed by atoms with Crippen LogP contribution < -0.4 is 15.4 Å². The minimum absolute atomic E-state index is 0.0362. The van der Waals surface area contributed by atoms with Gasteiger partial charge in [-0.25, -0.2) is 0 Å². The lowest BCUT2D eigenvalue weighted by atomic mass is 9.66. The summed E-state index contributed by atoms with van der Waals surface area (Å²) >= 11 is 1.58. The maximum atomic E-state index is 13.4. The molecule has 3 unspecified atom stereocenters. The minimum Gasteiger partial charge on any atom is -0.480 e. The number of nitrogens with zero attached hydrogens (tertiary/aromatic N) is 1. The first-order valence-electron chi connectivity index (χ1n) is 14.2. The maximum Gasteiger partial charge on any atom is 0.322 e. The van der Waals surface area contributed by atoms with E-state index < -0.39 is 23.8 Å². The van der Waals surface area contributed by atoms with E-state index in [-0.39, 0.29) is 30.2 Å². The molecule has 1 aromatic rings. The van der Waals surface area contributed by atoms with Crippen LogP contribution >= 0.6 is 11.8 Å². The summed E-state index contributed by atoms with van der Waals surface area (Å²) in [6.45, 7) is 4.95. The van der Waals surface area contributed by atoms with Gasteiger partial charge in [0.15, 0.2) is 0 Å². The molecule has 3 atom stereocenters. The number of hydrogen-bond acceptors (Lipinski definition) is 7. The van der Waals surface area contributed by atoms with Gasteiger partial charge in [0.25, 0.3) is 11.8 Å². The van der Waals surface area contributed by atoms with Crippen molar-refractivity contribution in [2.24, 2.45) is 23.2 Å². The Morgan fingerprint density at radius 3 is 2.42 bits per heavy atom. The van der Waals surface area contributed by atoms with Crippen LogP contribution in [0.5, 0.6) is 5.88 Å². The molecule has 1 aromatic heterocycles. The van der Waals surface area contributed by atoms with Crippen LogP contribution in [0.1, 0.15) is 102 Å². The smallest absolute Gasteiger partial charge is 0.322 e. The molecule has 3 aliphatic carbocycles. The summed E-state index contributed by atoms with van der Waals surface area (Å²) < 4.78 is 11.5. The summed E-state index contributed by atoms with van der Waals surface area (Å²) in [6.07, 6.45) is 13.3. The van der Waals surface area contributed by atoms with Gasteiger partial charge in [-0.15, -0.1) is 11.8 Å². The first-order chi connectivity index (χ1) is 18.1. The van der Waals surface area contributed by atoms with Crippen LogP contribution in [0.3, 0.4) is 0 Å². The fraction of sp³-hybridized carbons (Fsp3) is 0.786. The summed E-state index contributed by atoms with van der Waals surface area (Å²) in [4.78, 5) is 37.3. The van der Waals surface area contributed by atoms with E-state index in [0.717, 1.165) is 37.5 Å². The molecule has 3 saturated carbocycles. The van der Waals surface area contributed by atoms with Gasteiger partial charge in [0.2, 0.25) is 11.7 Å². The van der Waals surface area contributed by atoms with Crippen molar-refractivity contribution in [1.82, 2.24) is 15.8 Å². The molecule has 3 aliphatic rings. The molecule has 9 nitrogen and oxygen atoms in total. The molecule has 2 amide bonds. The van der Waals surface area contributed by atoms with Crippen molar-refractivity contribution in [2.75, 3.05) is 13.2 Å². The van der Waals surface area contributed by atoms with Crippen molar-refractivity contribution in [3.8, 4) is 5.88 Å². The van der Waals surface area contributed by atoms with Gasteiger partial charge in [-0.2, -0.15) is 0 Å². The standard InChI is InChI=1S/C28H43N3O6S/c1-17(20-13-18-8-7-9-19(12-18)14-20)30-25(34)23-24(38-21-10-5-4-6-11-21)26(31-37-23)36-16-28(2,3)27(35)29-15-22(32)33/h17-21H,4-16H2,1-3H3,(H,29,35)(H,30,34)(H,32,33). The zero-order chi connectivity index (χ0) is 27.3. The number of nitrogens with one attached hydrogen (secondary N) is 2. The first-order valence-corrected chi connectivity index (χ1v) is 15.1. The molecular formula is C28H43N3O6S. The number of amides is 2. The number of carbonyl (C=O) groups excluding carboxylic acids is 2. The monoisotopic (exact) mass is 549 g/mol. The van der Waals surface area contributed by atoms with Crippen LogP contribution in [0.15, 0.2) is 9.42 Å². The fourth-order valence-electron chi connectivity index (χ4n) is 6.25. The molecule has 0 aliphatic heterocycles.